The summed E-state index contributed by atoms with van der Waals surface area (Å²) in [4.78, 5) is 3.96. The van der Waals surface area contributed by atoms with Crippen molar-refractivity contribution in [2.45, 2.75) is 6.54 Å². The van der Waals surface area contributed by atoms with Crippen LogP contribution in [0.2, 0.25) is 0 Å². The summed E-state index contributed by atoms with van der Waals surface area (Å²) in [5, 5.41) is 2.61. The van der Waals surface area contributed by atoms with Crippen LogP contribution in [0.1, 0.15) is 5.56 Å². The van der Waals surface area contributed by atoms with Crippen LogP contribution >= 0.6 is 0 Å². The molecule has 3 nitrogen and oxygen atoms in total. The molecule has 1 N–H and O–H groups in total. The van der Waals surface area contributed by atoms with Gasteiger partial charge in [-0.3, -0.25) is 0 Å². The number of benzene rings is 1. The van der Waals surface area contributed by atoms with Crippen molar-refractivity contribution in [1.82, 2.24) is 4.98 Å². The predicted octanol–water partition coefficient (Wildman–Crippen LogP) is 3.12. The number of nitrogens with one attached hydrogen (secondary N) is 1. The molecule has 0 aliphatic rings. The third-order valence-corrected chi connectivity index (χ3v) is 2.48. The van der Waals surface area contributed by atoms with Gasteiger partial charge in [0, 0.05) is 30.9 Å². The average molecular weight is 268 g/mol. The normalized spacial score (nSPS) is 10.3. The van der Waals surface area contributed by atoms with Crippen molar-refractivity contribution in [3.05, 3.63) is 53.5 Å². The Kier molecular flexibility index (Phi) is 3.89. The number of hydrogen-bond donors (Lipinski definition) is 1. The van der Waals surface area contributed by atoms with Gasteiger partial charge in [-0.05, 0) is 5.56 Å². The Bertz CT molecular complexity index is 573. The van der Waals surface area contributed by atoms with Crippen LogP contribution in [0.15, 0.2) is 30.5 Å². The van der Waals surface area contributed by atoms with Gasteiger partial charge >= 0.3 is 0 Å². The first kappa shape index (κ1) is 13.2. The monoisotopic (exact) mass is 268 g/mol. The molecule has 0 saturated carbocycles. The lowest BCUT2D eigenvalue weighted by molar-refractivity contribution is 0.397. The molecule has 0 radical (unpaired) electrons. The van der Waals surface area contributed by atoms with E-state index in [1.54, 1.807) is 12.1 Å². The molecular formula is C13H11F3N2O. The highest BCUT2D eigenvalue weighted by Crippen LogP contribution is 2.20. The van der Waals surface area contributed by atoms with E-state index in [4.69, 9.17) is 4.74 Å². The lowest BCUT2D eigenvalue weighted by atomic mass is 10.2. The molecule has 0 spiro atoms. The van der Waals surface area contributed by atoms with Crippen molar-refractivity contribution in [2.24, 2.45) is 0 Å². The van der Waals surface area contributed by atoms with Gasteiger partial charge < -0.3 is 10.1 Å². The van der Waals surface area contributed by atoms with E-state index >= 15 is 0 Å². The lowest BCUT2D eigenvalue weighted by Crippen LogP contribution is -2.04. The van der Waals surface area contributed by atoms with Crippen LogP contribution in [0.5, 0.6) is 5.88 Å². The molecule has 1 aromatic carbocycles. The SMILES string of the molecule is COc1ccc(CNc2cc(F)cc(F)c2F)cn1. The summed E-state index contributed by atoms with van der Waals surface area (Å²) in [5.74, 6) is -2.72. The van der Waals surface area contributed by atoms with Crippen LogP contribution < -0.4 is 10.1 Å². The molecule has 0 unspecified atom stereocenters. The van der Waals surface area contributed by atoms with Crippen molar-refractivity contribution in [3.63, 3.8) is 0 Å². The van der Waals surface area contributed by atoms with E-state index in [9.17, 15) is 13.2 Å². The first-order chi connectivity index (χ1) is 9.10. The van der Waals surface area contributed by atoms with E-state index in [1.807, 2.05) is 0 Å². The molecule has 1 aromatic heterocycles. The van der Waals surface area contributed by atoms with Crippen molar-refractivity contribution in [2.75, 3.05) is 12.4 Å². The number of pyridine rings is 1. The number of aromatic nitrogens is 1. The molecule has 0 aliphatic heterocycles. The van der Waals surface area contributed by atoms with Gasteiger partial charge in [0.2, 0.25) is 5.88 Å². The standard InChI is InChI=1S/C13H11F3N2O/c1-19-12-3-2-8(7-18-12)6-17-11-5-9(14)4-10(15)13(11)16/h2-5,7,17H,6H2,1H3. The van der Waals surface area contributed by atoms with Crippen molar-refractivity contribution in [3.8, 4) is 5.88 Å². The summed E-state index contributed by atoms with van der Waals surface area (Å²) in [6, 6.07) is 4.75. The van der Waals surface area contributed by atoms with Gasteiger partial charge in [0.1, 0.15) is 5.82 Å². The van der Waals surface area contributed by atoms with E-state index in [2.05, 4.69) is 10.3 Å². The molecule has 19 heavy (non-hydrogen) atoms. The molecule has 0 amide bonds. The van der Waals surface area contributed by atoms with Gasteiger partial charge in [0.15, 0.2) is 11.6 Å². The van der Waals surface area contributed by atoms with Gasteiger partial charge in [-0.25, -0.2) is 18.2 Å². The summed E-state index contributed by atoms with van der Waals surface area (Å²) >= 11 is 0. The van der Waals surface area contributed by atoms with Crippen LogP contribution in [0.3, 0.4) is 0 Å². The van der Waals surface area contributed by atoms with Crippen molar-refractivity contribution < 1.29 is 17.9 Å². The minimum atomic E-state index is -1.23. The highest BCUT2D eigenvalue weighted by molar-refractivity contribution is 5.46. The van der Waals surface area contributed by atoms with Gasteiger partial charge in [0.25, 0.3) is 0 Å². The maximum atomic E-state index is 13.4. The summed E-state index contributed by atoms with van der Waals surface area (Å²) in [7, 11) is 1.49. The number of halogens is 3. The first-order valence-electron chi connectivity index (χ1n) is 5.47. The number of nitrogens with zero attached hydrogens (tertiary/aromatic N) is 1. The number of methoxy groups -OCH3 is 1. The molecular weight excluding hydrogens is 257 g/mol. The summed E-state index contributed by atoms with van der Waals surface area (Å²) in [6.07, 6.45) is 1.53. The highest BCUT2D eigenvalue weighted by Gasteiger charge is 2.10. The second kappa shape index (κ2) is 5.60. The molecule has 6 heteroatoms. The Hall–Kier alpha value is -2.24. The minimum Gasteiger partial charge on any atom is -0.481 e. The summed E-state index contributed by atoms with van der Waals surface area (Å²) < 4.78 is 44.2. The Labute approximate surface area is 108 Å². The van der Waals surface area contributed by atoms with Crippen molar-refractivity contribution >= 4 is 5.69 Å². The quantitative estimate of drug-likeness (QED) is 0.865. The maximum absolute atomic E-state index is 13.4. The predicted molar refractivity (Wildman–Crippen MR) is 64.4 cm³/mol. The molecule has 0 saturated heterocycles. The Morgan fingerprint density at radius 2 is 2.00 bits per heavy atom. The smallest absolute Gasteiger partial charge is 0.212 e. The summed E-state index contributed by atoms with van der Waals surface area (Å²) in [6.45, 7) is 0.191. The van der Waals surface area contributed by atoms with Gasteiger partial charge in [-0.2, -0.15) is 0 Å². The number of anilines is 1. The van der Waals surface area contributed by atoms with Crippen LogP contribution in [0.25, 0.3) is 0 Å². The zero-order valence-corrected chi connectivity index (χ0v) is 10.1. The molecule has 0 bridgehead atoms. The molecule has 100 valence electrons. The zero-order valence-electron chi connectivity index (χ0n) is 10.1. The third-order valence-electron chi connectivity index (χ3n) is 2.48. The minimum absolute atomic E-state index is 0.191. The Balaban J connectivity index is 2.09. The maximum Gasteiger partial charge on any atom is 0.212 e. The van der Waals surface area contributed by atoms with Crippen LogP contribution in [-0.2, 0) is 6.54 Å². The van der Waals surface area contributed by atoms with Gasteiger partial charge in [-0.15, -0.1) is 0 Å². The second-order valence-electron chi connectivity index (χ2n) is 3.81. The Morgan fingerprint density at radius 1 is 1.21 bits per heavy atom. The van der Waals surface area contributed by atoms with Crippen LogP contribution in [0.4, 0.5) is 18.9 Å². The molecule has 0 aliphatic carbocycles. The molecule has 0 fully saturated rings. The fraction of sp³-hybridized carbons (Fsp3) is 0.154. The van der Waals surface area contributed by atoms with Gasteiger partial charge in [0.05, 0.1) is 12.8 Å². The van der Waals surface area contributed by atoms with Crippen molar-refractivity contribution in [1.29, 1.82) is 0 Å². The second-order valence-corrected chi connectivity index (χ2v) is 3.81. The largest absolute Gasteiger partial charge is 0.481 e. The number of ether oxygens (including phenoxy) is 1. The van der Waals surface area contributed by atoms with Gasteiger partial charge in [-0.1, -0.05) is 6.07 Å². The van der Waals surface area contributed by atoms with Crippen LogP contribution in [-0.4, -0.2) is 12.1 Å². The van der Waals surface area contributed by atoms with E-state index < -0.39 is 17.5 Å². The Morgan fingerprint density at radius 3 is 2.63 bits per heavy atom. The topological polar surface area (TPSA) is 34.1 Å². The molecule has 0 atom stereocenters. The molecule has 1 heterocycles. The highest BCUT2D eigenvalue weighted by atomic mass is 19.2. The fourth-order valence-electron chi connectivity index (χ4n) is 1.52. The third kappa shape index (κ3) is 3.15. The molecule has 2 rings (SSSR count). The molecule has 2 aromatic rings. The number of hydrogen-bond acceptors (Lipinski definition) is 3. The fourth-order valence-corrected chi connectivity index (χ4v) is 1.52. The average Bonchev–Trinajstić information content (AvgIpc) is 2.41. The number of rotatable bonds is 4. The lowest BCUT2D eigenvalue weighted by Gasteiger charge is -2.08. The van der Waals surface area contributed by atoms with E-state index in [1.165, 1.54) is 13.3 Å². The summed E-state index contributed by atoms with van der Waals surface area (Å²) in [5.41, 5.74) is 0.498. The zero-order chi connectivity index (χ0) is 13.8. The van der Waals surface area contributed by atoms with E-state index in [0.29, 0.717) is 11.9 Å². The van der Waals surface area contributed by atoms with Crippen LogP contribution in [0, 0.1) is 17.5 Å². The first-order valence-corrected chi connectivity index (χ1v) is 5.47. The van der Waals surface area contributed by atoms with E-state index in [-0.39, 0.29) is 12.2 Å². The van der Waals surface area contributed by atoms with E-state index in [0.717, 1.165) is 11.6 Å².